The van der Waals surface area contributed by atoms with E-state index >= 15 is 0 Å². The molecule has 0 aliphatic heterocycles. The van der Waals surface area contributed by atoms with Gasteiger partial charge in [-0.1, -0.05) is 12.5 Å². The second-order valence-electron chi connectivity index (χ2n) is 4.57. The van der Waals surface area contributed by atoms with Gasteiger partial charge in [0, 0.05) is 17.7 Å². The van der Waals surface area contributed by atoms with Gasteiger partial charge in [-0.25, -0.2) is 0 Å². The average Bonchev–Trinajstić information content (AvgIpc) is 2.77. The van der Waals surface area contributed by atoms with Gasteiger partial charge in [0.15, 0.2) is 0 Å². The van der Waals surface area contributed by atoms with E-state index in [4.69, 9.17) is 5.73 Å². The fraction of sp³-hybridized carbons (Fsp3) is 0.462. The fourth-order valence-electron chi connectivity index (χ4n) is 2.48. The molecule has 2 atom stereocenters. The molecule has 100 valence electrons. The summed E-state index contributed by atoms with van der Waals surface area (Å²) >= 11 is 0. The van der Waals surface area contributed by atoms with E-state index in [-0.39, 0.29) is 30.0 Å². The zero-order valence-electron chi connectivity index (χ0n) is 10.1. The number of aromatic hydroxyl groups is 1. The van der Waals surface area contributed by atoms with Crippen LogP contribution in [-0.4, -0.2) is 17.6 Å². The van der Waals surface area contributed by atoms with Crippen LogP contribution in [0.5, 0.6) is 5.75 Å². The van der Waals surface area contributed by atoms with Gasteiger partial charge in [-0.15, -0.1) is 12.4 Å². The van der Waals surface area contributed by atoms with Gasteiger partial charge in [-0.05, 0) is 37.4 Å². The number of benzene rings is 1. The molecule has 1 aliphatic rings. The predicted molar refractivity (Wildman–Crippen MR) is 73.9 cm³/mol. The Hall–Kier alpha value is -1.26. The van der Waals surface area contributed by atoms with Crippen molar-refractivity contribution >= 4 is 24.0 Å². The molecule has 5 heteroatoms. The van der Waals surface area contributed by atoms with Crippen molar-refractivity contribution in [1.29, 1.82) is 0 Å². The van der Waals surface area contributed by atoms with Crippen molar-refractivity contribution in [3.8, 4) is 5.75 Å². The molecule has 2 rings (SSSR count). The third-order valence-electron chi connectivity index (χ3n) is 3.41. The van der Waals surface area contributed by atoms with Gasteiger partial charge in [-0.2, -0.15) is 0 Å². The fourth-order valence-corrected chi connectivity index (χ4v) is 2.48. The van der Waals surface area contributed by atoms with E-state index in [2.05, 4.69) is 5.32 Å². The number of rotatable bonds is 3. The lowest BCUT2D eigenvalue weighted by Crippen LogP contribution is -2.29. The van der Waals surface area contributed by atoms with Gasteiger partial charge in [0.1, 0.15) is 5.75 Å². The Morgan fingerprint density at radius 3 is 2.89 bits per heavy atom. The Labute approximate surface area is 113 Å². The first-order chi connectivity index (χ1) is 8.20. The molecule has 4 N–H and O–H groups in total. The number of nitrogens with one attached hydrogen (secondary N) is 1. The summed E-state index contributed by atoms with van der Waals surface area (Å²) < 4.78 is 0. The molecule has 0 heterocycles. The summed E-state index contributed by atoms with van der Waals surface area (Å²) in [6.45, 7) is 0.568. The third-order valence-corrected chi connectivity index (χ3v) is 3.41. The molecule has 0 aromatic heterocycles. The predicted octanol–water partition coefficient (Wildman–Crippen LogP) is 2.13. The summed E-state index contributed by atoms with van der Waals surface area (Å²) in [7, 11) is 0. The Kier molecular flexibility index (Phi) is 5.44. The SMILES string of the molecule is Cl.NC[C@H]1CCC[C@H]1C(=O)Nc1cccc(O)c1. The lowest BCUT2D eigenvalue weighted by Gasteiger charge is -2.17. The van der Waals surface area contributed by atoms with E-state index in [1.165, 1.54) is 0 Å². The van der Waals surface area contributed by atoms with Gasteiger partial charge in [0.2, 0.25) is 5.91 Å². The van der Waals surface area contributed by atoms with Gasteiger partial charge >= 0.3 is 0 Å². The first-order valence-electron chi connectivity index (χ1n) is 6.00. The van der Waals surface area contributed by atoms with E-state index in [1.54, 1.807) is 24.3 Å². The zero-order valence-corrected chi connectivity index (χ0v) is 11.0. The summed E-state index contributed by atoms with van der Waals surface area (Å²) in [5, 5.41) is 12.2. The number of phenolic OH excluding ortho intramolecular Hbond substituents is 1. The van der Waals surface area contributed by atoms with Crippen LogP contribution in [0.1, 0.15) is 19.3 Å². The maximum Gasteiger partial charge on any atom is 0.227 e. The summed E-state index contributed by atoms with van der Waals surface area (Å²) in [4.78, 5) is 12.0. The van der Waals surface area contributed by atoms with Crippen LogP contribution in [-0.2, 0) is 4.79 Å². The standard InChI is InChI=1S/C13H18N2O2.ClH/c14-8-9-3-1-6-12(9)13(17)15-10-4-2-5-11(16)7-10;/h2,4-5,7,9,12,16H,1,3,6,8,14H2,(H,15,17);1H/t9-,12-;/m1./s1. The summed E-state index contributed by atoms with van der Waals surface area (Å²) in [5.41, 5.74) is 6.30. The lowest BCUT2D eigenvalue weighted by molar-refractivity contribution is -0.120. The summed E-state index contributed by atoms with van der Waals surface area (Å²) in [6.07, 6.45) is 3.02. The molecule has 18 heavy (non-hydrogen) atoms. The minimum absolute atomic E-state index is 0. The van der Waals surface area contributed by atoms with Gasteiger partial charge in [0.25, 0.3) is 0 Å². The molecule has 1 amide bonds. The molecule has 0 spiro atoms. The molecular weight excluding hydrogens is 252 g/mol. The number of amides is 1. The van der Waals surface area contributed by atoms with Crippen LogP contribution in [0, 0.1) is 11.8 Å². The molecule has 1 aromatic rings. The quantitative estimate of drug-likeness (QED) is 0.788. The summed E-state index contributed by atoms with van der Waals surface area (Å²) in [6, 6.07) is 6.60. The topological polar surface area (TPSA) is 75.4 Å². The van der Waals surface area contributed by atoms with Crippen molar-refractivity contribution < 1.29 is 9.90 Å². The third kappa shape index (κ3) is 3.37. The molecule has 0 radical (unpaired) electrons. The molecule has 0 saturated heterocycles. The number of hydrogen-bond acceptors (Lipinski definition) is 3. The number of carbonyl (C=O) groups excluding carboxylic acids is 1. The van der Waals surface area contributed by atoms with Crippen molar-refractivity contribution in [2.45, 2.75) is 19.3 Å². The Bertz CT molecular complexity index is 412. The highest BCUT2D eigenvalue weighted by atomic mass is 35.5. The van der Waals surface area contributed by atoms with Gasteiger partial charge in [0.05, 0.1) is 0 Å². The van der Waals surface area contributed by atoms with E-state index in [0.717, 1.165) is 19.3 Å². The second kappa shape index (κ2) is 6.61. The monoisotopic (exact) mass is 270 g/mol. The molecule has 0 bridgehead atoms. The van der Waals surface area contributed by atoms with Crippen molar-refractivity contribution in [3.63, 3.8) is 0 Å². The average molecular weight is 271 g/mol. The van der Waals surface area contributed by atoms with Crippen LogP contribution >= 0.6 is 12.4 Å². The molecule has 1 saturated carbocycles. The van der Waals surface area contributed by atoms with Crippen LogP contribution in [0.4, 0.5) is 5.69 Å². The zero-order chi connectivity index (χ0) is 12.3. The Morgan fingerprint density at radius 2 is 2.22 bits per heavy atom. The van der Waals surface area contributed by atoms with E-state index in [0.29, 0.717) is 18.2 Å². The molecule has 1 aliphatic carbocycles. The molecule has 4 nitrogen and oxygen atoms in total. The van der Waals surface area contributed by atoms with Crippen LogP contribution < -0.4 is 11.1 Å². The van der Waals surface area contributed by atoms with E-state index in [1.807, 2.05) is 0 Å². The van der Waals surface area contributed by atoms with Crippen LogP contribution in [0.2, 0.25) is 0 Å². The first kappa shape index (κ1) is 14.8. The number of anilines is 1. The lowest BCUT2D eigenvalue weighted by atomic mass is 9.95. The van der Waals surface area contributed by atoms with Crippen molar-refractivity contribution in [2.24, 2.45) is 17.6 Å². The highest BCUT2D eigenvalue weighted by molar-refractivity contribution is 5.93. The number of nitrogens with two attached hydrogens (primary N) is 1. The highest BCUT2D eigenvalue weighted by Gasteiger charge is 2.31. The number of carbonyl (C=O) groups is 1. The number of hydrogen-bond donors (Lipinski definition) is 3. The number of phenols is 1. The molecular formula is C13H19ClN2O2. The van der Waals surface area contributed by atoms with Gasteiger partial charge < -0.3 is 16.2 Å². The van der Waals surface area contributed by atoms with Crippen LogP contribution in [0.25, 0.3) is 0 Å². The Morgan fingerprint density at radius 1 is 1.44 bits per heavy atom. The highest BCUT2D eigenvalue weighted by Crippen LogP contribution is 2.32. The summed E-state index contributed by atoms with van der Waals surface area (Å²) in [5.74, 6) is 0.489. The maximum absolute atomic E-state index is 12.0. The minimum atomic E-state index is 0. The van der Waals surface area contributed by atoms with E-state index in [9.17, 15) is 9.90 Å². The normalized spacial score (nSPS) is 22.3. The first-order valence-corrected chi connectivity index (χ1v) is 6.00. The van der Waals surface area contributed by atoms with Crippen molar-refractivity contribution in [2.75, 3.05) is 11.9 Å². The smallest absolute Gasteiger partial charge is 0.227 e. The Balaban J connectivity index is 0.00000162. The van der Waals surface area contributed by atoms with Crippen molar-refractivity contribution in [1.82, 2.24) is 0 Å². The second-order valence-corrected chi connectivity index (χ2v) is 4.57. The van der Waals surface area contributed by atoms with Gasteiger partial charge in [-0.3, -0.25) is 4.79 Å². The molecule has 1 aromatic carbocycles. The van der Waals surface area contributed by atoms with E-state index < -0.39 is 0 Å². The van der Waals surface area contributed by atoms with Crippen molar-refractivity contribution in [3.05, 3.63) is 24.3 Å². The number of halogens is 1. The molecule has 1 fully saturated rings. The van der Waals surface area contributed by atoms with Crippen LogP contribution in [0.15, 0.2) is 24.3 Å². The maximum atomic E-state index is 12.0. The van der Waals surface area contributed by atoms with Crippen LogP contribution in [0.3, 0.4) is 0 Å². The molecule has 0 unspecified atom stereocenters. The minimum Gasteiger partial charge on any atom is -0.508 e. The largest absolute Gasteiger partial charge is 0.508 e.